The first-order chi connectivity index (χ1) is 12.5. The fraction of sp³-hybridized carbons (Fsp3) is 0.737. The quantitative estimate of drug-likeness (QED) is 0.534. The molecule has 0 saturated carbocycles. The number of carbonyl (C=O) groups is 1. The maximum Gasteiger partial charge on any atom is 0.410 e. The number of ether oxygens (including phenoxy) is 1. The van der Waals surface area contributed by atoms with Crippen LogP contribution in [0.5, 0.6) is 0 Å². The SMILES string of the molecule is CCC[C@H](C)N1CC2(CCN(Cc3cnc(SCC)nc3)CC2)OC1=O. The molecule has 2 fully saturated rings. The highest BCUT2D eigenvalue weighted by Gasteiger charge is 2.47. The Labute approximate surface area is 160 Å². The molecule has 1 aromatic rings. The van der Waals surface area contributed by atoms with Gasteiger partial charge in [0, 0.05) is 56.5 Å². The minimum atomic E-state index is -0.284. The summed E-state index contributed by atoms with van der Waals surface area (Å²) in [5, 5.41) is 0.841. The Kier molecular flexibility index (Phi) is 6.40. The zero-order chi connectivity index (χ0) is 18.6. The second-order valence-corrected chi connectivity index (χ2v) is 8.63. The van der Waals surface area contributed by atoms with Crippen LogP contribution in [0.2, 0.25) is 0 Å². The summed E-state index contributed by atoms with van der Waals surface area (Å²) < 4.78 is 5.84. The number of amides is 1. The third-order valence-electron chi connectivity index (χ3n) is 5.36. The molecule has 0 N–H and O–H groups in total. The largest absolute Gasteiger partial charge is 0.441 e. The fourth-order valence-electron chi connectivity index (χ4n) is 3.83. The summed E-state index contributed by atoms with van der Waals surface area (Å²) in [7, 11) is 0. The molecule has 0 aromatic carbocycles. The van der Waals surface area contributed by atoms with Crippen molar-refractivity contribution in [3.8, 4) is 0 Å². The van der Waals surface area contributed by atoms with Crippen molar-refractivity contribution in [3.63, 3.8) is 0 Å². The monoisotopic (exact) mass is 378 g/mol. The summed E-state index contributed by atoms with van der Waals surface area (Å²) in [6.45, 7) is 9.86. The van der Waals surface area contributed by atoms with Gasteiger partial charge >= 0.3 is 6.09 Å². The van der Waals surface area contributed by atoms with E-state index in [1.165, 1.54) is 0 Å². The molecule has 0 radical (unpaired) electrons. The van der Waals surface area contributed by atoms with Gasteiger partial charge in [0.25, 0.3) is 0 Å². The molecule has 2 saturated heterocycles. The van der Waals surface area contributed by atoms with Crippen LogP contribution in [0.4, 0.5) is 4.79 Å². The number of nitrogens with zero attached hydrogens (tertiary/aromatic N) is 4. The molecule has 0 aliphatic carbocycles. The van der Waals surface area contributed by atoms with E-state index in [0.29, 0.717) is 0 Å². The Morgan fingerprint density at radius 1 is 1.27 bits per heavy atom. The van der Waals surface area contributed by atoms with E-state index in [1.54, 1.807) is 11.8 Å². The van der Waals surface area contributed by atoms with Crippen LogP contribution < -0.4 is 0 Å². The summed E-state index contributed by atoms with van der Waals surface area (Å²) in [6, 6.07) is 0.265. The standard InChI is InChI=1S/C19H30N4O2S/c1-4-6-15(3)23-14-19(25-18(23)24)7-9-22(10-8-19)13-16-11-20-17(21-12-16)26-5-2/h11-12,15H,4-10,13-14H2,1-3H3/t15-/m0/s1. The van der Waals surface area contributed by atoms with Crippen molar-refractivity contribution in [2.24, 2.45) is 0 Å². The van der Waals surface area contributed by atoms with Gasteiger partial charge in [0.2, 0.25) is 0 Å². The molecule has 3 heterocycles. The van der Waals surface area contributed by atoms with Gasteiger partial charge in [-0.2, -0.15) is 0 Å². The normalized spacial score (nSPS) is 21.2. The molecule has 1 aromatic heterocycles. The average Bonchev–Trinajstić information content (AvgIpc) is 2.96. The van der Waals surface area contributed by atoms with Crippen LogP contribution in [0.3, 0.4) is 0 Å². The van der Waals surface area contributed by atoms with Gasteiger partial charge in [-0.05, 0) is 19.1 Å². The van der Waals surface area contributed by atoms with Crippen molar-refractivity contribution in [2.45, 2.75) is 69.8 Å². The Balaban J connectivity index is 1.52. The smallest absolute Gasteiger partial charge is 0.410 e. The van der Waals surface area contributed by atoms with Gasteiger partial charge < -0.3 is 9.64 Å². The highest BCUT2D eigenvalue weighted by molar-refractivity contribution is 7.99. The molecule has 7 heteroatoms. The molecule has 144 valence electrons. The summed E-state index contributed by atoms with van der Waals surface area (Å²) in [4.78, 5) is 25.4. The third-order valence-corrected chi connectivity index (χ3v) is 6.12. The lowest BCUT2D eigenvalue weighted by molar-refractivity contribution is -0.00137. The van der Waals surface area contributed by atoms with Crippen LogP contribution in [-0.2, 0) is 11.3 Å². The van der Waals surface area contributed by atoms with Crippen LogP contribution in [0, 0.1) is 0 Å². The molecule has 3 rings (SSSR count). The van der Waals surface area contributed by atoms with Crippen LogP contribution in [-0.4, -0.2) is 62.9 Å². The second-order valence-electron chi connectivity index (χ2n) is 7.40. The van der Waals surface area contributed by atoms with E-state index in [0.717, 1.165) is 68.3 Å². The Morgan fingerprint density at radius 2 is 1.96 bits per heavy atom. The van der Waals surface area contributed by atoms with E-state index in [2.05, 4.69) is 35.6 Å². The highest BCUT2D eigenvalue weighted by atomic mass is 32.2. The number of hydrogen-bond donors (Lipinski definition) is 0. The summed E-state index contributed by atoms with van der Waals surface area (Å²) in [6.07, 6.45) is 7.65. The minimum Gasteiger partial charge on any atom is -0.441 e. The molecular weight excluding hydrogens is 348 g/mol. The van der Waals surface area contributed by atoms with Crippen molar-refractivity contribution >= 4 is 17.9 Å². The Hall–Kier alpha value is -1.34. The van der Waals surface area contributed by atoms with Crippen molar-refractivity contribution < 1.29 is 9.53 Å². The summed E-state index contributed by atoms with van der Waals surface area (Å²) in [5.74, 6) is 0.986. The van der Waals surface area contributed by atoms with Gasteiger partial charge in [0.1, 0.15) is 5.60 Å². The van der Waals surface area contributed by atoms with Gasteiger partial charge in [0.05, 0.1) is 6.54 Å². The Bertz CT molecular complexity index is 602. The number of carbonyl (C=O) groups excluding carboxylic acids is 1. The van der Waals surface area contributed by atoms with Gasteiger partial charge in [-0.15, -0.1) is 0 Å². The number of likely N-dealkylation sites (tertiary alicyclic amines) is 1. The van der Waals surface area contributed by atoms with Gasteiger partial charge in [0.15, 0.2) is 5.16 Å². The lowest BCUT2D eigenvalue weighted by Crippen LogP contribution is -2.47. The minimum absolute atomic E-state index is 0.128. The molecule has 1 amide bonds. The number of rotatable bonds is 7. The fourth-order valence-corrected chi connectivity index (χ4v) is 4.34. The molecule has 26 heavy (non-hydrogen) atoms. The van der Waals surface area contributed by atoms with Crippen LogP contribution in [0.15, 0.2) is 17.6 Å². The summed E-state index contributed by atoms with van der Waals surface area (Å²) in [5.41, 5.74) is 0.858. The molecule has 0 unspecified atom stereocenters. The van der Waals surface area contributed by atoms with Gasteiger partial charge in [-0.1, -0.05) is 32.0 Å². The lowest BCUT2D eigenvalue weighted by atomic mass is 9.91. The van der Waals surface area contributed by atoms with Crippen molar-refractivity contribution in [1.29, 1.82) is 0 Å². The van der Waals surface area contributed by atoms with Crippen molar-refractivity contribution in [3.05, 3.63) is 18.0 Å². The lowest BCUT2D eigenvalue weighted by Gasteiger charge is -2.37. The van der Waals surface area contributed by atoms with Crippen molar-refractivity contribution in [1.82, 2.24) is 19.8 Å². The number of hydrogen-bond acceptors (Lipinski definition) is 6. The molecular formula is C19H30N4O2S. The zero-order valence-corrected chi connectivity index (χ0v) is 16.9. The number of piperidine rings is 1. The van der Waals surface area contributed by atoms with E-state index in [4.69, 9.17) is 4.74 Å². The van der Waals surface area contributed by atoms with E-state index in [-0.39, 0.29) is 17.7 Å². The van der Waals surface area contributed by atoms with E-state index in [1.807, 2.05) is 17.3 Å². The zero-order valence-electron chi connectivity index (χ0n) is 16.1. The van der Waals surface area contributed by atoms with Gasteiger partial charge in [-0.3, -0.25) is 4.90 Å². The van der Waals surface area contributed by atoms with E-state index in [9.17, 15) is 4.79 Å². The first kappa shape index (κ1) is 19.4. The first-order valence-electron chi connectivity index (χ1n) is 9.71. The molecule has 6 nitrogen and oxygen atoms in total. The average molecular weight is 379 g/mol. The van der Waals surface area contributed by atoms with Crippen LogP contribution in [0.25, 0.3) is 0 Å². The maximum absolute atomic E-state index is 12.3. The summed E-state index contributed by atoms with van der Waals surface area (Å²) >= 11 is 1.66. The molecule has 1 atom stereocenters. The van der Waals surface area contributed by atoms with Crippen LogP contribution >= 0.6 is 11.8 Å². The Morgan fingerprint density at radius 3 is 2.58 bits per heavy atom. The van der Waals surface area contributed by atoms with Crippen molar-refractivity contribution in [2.75, 3.05) is 25.4 Å². The molecule has 0 bridgehead atoms. The molecule has 1 spiro atoms. The van der Waals surface area contributed by atoms with Gasteiger partial charge in [-0.25, -0.2) is 14.8 Å². The molecule has 2 aliphatic heterocycles. The third kappa shape index (κ3) is 4.49. The topological polar surface area (TPSA) is 58.6 Å². The predicted molar refractivity (Wildman–Crippen MR) is 103 cm³/mol. The van der Waals surface area contributed by atoms with E-state index < -0.39 is 0 Å². The second kappa shape index (κ2) is 8.57. The van der Waals surface area contributed by atoms with E-state index >= 15 is 0 Å². The predicted octanol–water partition coefficient (Wildman–Crippen LogP) is 3.56. The maximum atomic E-state index is 12.3. The number of aromatic nitrogens is 2. The highest BCUT2D eigenvalue weighted by Crippen LogP contribution is 2.35. The molecule has 2 aliphatic rings. The first-order valence-corrected chi connectivity index (χ1v) is 10.7. The number of thioether (sulfide) groups is 1. The van der Waals surface area contributed by atoms with Crippen LogP contribution in [0.1, 0.15) is 52.0 Å².